The second-order valence-corrected chi connectivity index (χ2v) is 5.87. The number of aliphatic hydroxyl groups is 2. The molecular weight excluding hydrogens is 246 g/mol. The summed E-state index contributed by atoms with van der Waals surface area (Å²) in [6.07, 6.45) is -0.651. The number of hydrogen-bond donors (Lipinski definition) is 3. The van der Waals surface area contributed by atoms with Crippen LogP contribution < -0.4 is 5.73 Å². The molecule has 1 aromatic rings. The molecule has 0 aliphatic heterocycles. The fourth-order valence-corrected chi connectivity index (χ4v) is 3.18. The van der Waals surface area contributed by atoms with Crippen LogP contribution in [0.25, 0.3) is 0 Å². The van der Waals surface area contributed by atoms with Crippen LogP contribution in [0.3, 0.4) is 0 Å². The smallest absolute Gasteiger partial charge is 0.0861 e. The van der Waals surface area contributed by atoms with E-state index in [1.165, 1.54) is 22.3 Å². The summed E-state index contributed by atoms with van der Waals surface area (Å²) >= 11 is 1.58. The van der Waals surface area contributed by atoms with Crippen molar-refractivity contribution in [3.8, 4) is 0 Å². The van der Waals surface area contributed by atoms with Gasteiger partial charge in [0.1, 0.15) is 0 Å². The summed E-state index contributed by atoms with van der Waals surface area (Å²) in [5.41, 5.74) is 11.1. The minimum Gasteiger partial charge on any atom is -0.394 e. The quantitative estimate of drug-likeness (QED) is 0.735. The van der Waals surface area contributed by atoms with Gasteiger partial charge in [0.25, 0.3) is 0 Å². The van der Waals surface area contributed by atoms with Gasteiger partial charge in [-0.1, -0.05) is 17.7 Å². The predicted octanol–water partition coefficient (Wildman–Crippen LogP) is 1.70. The number of nitrogens with two attached hydrogens (primary N) is 1. The van der Waals surface area contributed by atoms with Crippen molar-refractivity contribution in [1.29, 1.82) is 0 Å². The first-order valence-electron chi connectivity index (χ1n) is 6.15. The zero-order valence-corrected chi connectivity index (χ0v) is 12.1. The van der Waals surface area contributed by atoms with Gasteiger partial charge in [-0.15, -0.1) is 0 Å². The highest BCUT2D eigenvalue weighted by Crippen LogP contribution is 2.24. The van der Waals surface area contributed by atoms with Gasteiger partial charge in [-0.05, 0) is 37.5 Å². The van der Waals surface area contributed by atoms with E-state index in [4.69, 9.17) is 10.8 Å². The minimum absolute atomic E-state index is 0.0264. The van der Waals surface area contributed by atoms with Crippen LogP contribution in [0.15, 0.2) is 12.1 Å². The fourth-order valence-electron chi connectivity index (χ4n) is 2.24. The van der Waals surface area contributed by atoms with E-state index in [0.717, 1.165) is 5.75 Å². The van der Waals surface area contributed by atoms with E-state index in [-0.39, 0.29) is 12.6 Å². The molecule has 3 nitrogen and oxygen atoms in total. The van der Waals surface area contributed by atoms with Gasteiger partial charge in [0.2, 0.25) is 0 Å². The summed E-state index contributed by atoms with van der Waals surface area (Å²) in [5.74, 6) is 1.27. The molecule has 0 heterocycles. The van der Waals surface area contributed by atoms with Crippen LogP contribution >= 0.6 is 11.8 Å². The lowest BCUT2D eigenvalue weighted by Gasteiger charge is -2.18. The number of aryl methyl sites for hydroxylation is 3. The number of benzene rings is 1. The summed E-state index contributed by atoms with van der Waals surface area (Å²) < 4.78 is 0. The van der Waals surface area contributed by atoms with E-state index in [0.29, 0.717) is 5.75 Å². The van der Waals surface area contributed by atoms with Gasteiger partial charge in [-0.3, -0.25) is 0 Å². The average Bonchev–Trinajstić information content (AvgIpc) is 2.27. The lowest BCUT2D eigenvalue weighted by Crippen LogP contribution is -2.19. The Kier molecular flexibility index (Phi) is 6.15. The molecule has 0 aromatic heterocycles. The molecule has 0 radical (unpaired) electrons. The average molecular weight is 269 g/mol. The first-order chi connectivity index (χ1) is 8.45. The number of hydrogen-bond acceptors (Lipinski definition) is 4. The Balaban J connectivity index is 2.64. The van der Waals surface area contributed by atoms with Gasteiger partial charge in [0, 0.05) is 17.5 Å². The zero-order valence-electron chi connectivity index (χ0n) is 11.3. The molecule has 0 saturated heterocycles. The zero-order chi connectivity index (χ0) is 13.7. The third-order valence-corrected chi connectivity index (χ3v) is 4.14. The summed E-state index contributed by atoms with van der Waals surface area (Å²) in [6.45, 7) is 6.07. The van der Waals surface area contributed by atoms with E-state index in [9.17, 15) is 5.11 Å². The molecule has 2 atom stereocenters. The maximum absolute atomic E-state index is 9.28. The van der Waals surface area contributed by atoms with Crippen molar-refractivity contribution in [3.05, 3.63) is 34.4 Å². The molecule has 0 amide bonds. The van der Waals surface area contributed by atoms with E-state index < -0.39 is 6.10 Å². The van der Waals surface area contributed by atoms with Gasteiger partial charge in [0.15, 0.2) is 0 Å². The summed E-state index contributed by atoms with van der Waals surface area (Å²) in [7, 11) is 0. The molecule has 4 heteroatoms. The normalized spacial score (nSPS) is 14.6. The van der Waals surface area contributed by atoms with Crippen LogP contribution in [0.5, 0.6) is 0 Å². The van der Waals surface area contributed by atoms with E-state index in [1.54, 1.807) is 11.8 Å². The van der Waals surface area contributed by atoms with Gasteiger partial charge >= 0.3 is 0 Å². The molecule has 0 saturated carbocycles. The van der Waals surface area contributed by atoms with E-state index in [2.05, 4.69) is 32.9 Å². The highest BCUT2D eigenvalue weighted by atomic mass is 32.2. The lowest BCUT2D eigenvalue weighted by molar-refractivity contribution is 0.113. The highest BCUT2D eigenvalue weighted by Gasteiger charge is 2.13. The Bertz CT molecular complexity index is 372. The number of rotatable bonds is 6. The molecule has 0 fully saturated rings. The summed E-state index contributed by atoms with van der Waals surface area (Å²) in [5, 5.41) is 18.0. The molecule has 0 spiro atoms. The van der Waals surface area contributed by atoms with Crippen LogP contribution in [0.1, 0.15) is 28.3 Å². The predicted molar refractivity (Wildman–Crippen MR) is 78.0 cm³/mol. The van der Waals surface area contributed by atoms with Crippen molar-refractivity contribution in [2.75, 3.05) is 18.1 Å². The van der Waals surface area contributed by atoms with Gasteiger partial charge in [0.05, 0.1) is 12.7 Å². The maximum atomic E-state index is 9.28. The number of aliphatic hydroxyl groups excluding tert-OH is 2. The Morgan fingerprint density at radius 3 is 2.22 bits per heavy atom. The second-order valence-electron chi connectivity index (χ2n) is 4.79. The third kappa shape index (κ3) is 4.28. The molecule has 0 aliphatic rings. The van der Waals surface area contributed by atoms with Crippen LogP contribution in [-0.2, 0) is 0 Å². The molecule has 1 rings (SSSR count). The molecule has 1 aromatic carbocycles. The van der Waals surface area contributed by atoms with E-state index in [1.807, 2.05) is 0 Å². The van der Waals surface area contributed by atoms with Crippen molar-refractivity contribution in [2.45, 2.75) is 32.9 Å². The third-order valence-electron chi connectivity index (χ3n) is 2.93. The topological polar surface area (TPSA) is 66.5 Å². The van der Waals surface area contributed by atoms with E-state index >= 15 is 0 Å². The molecule has 0 aliphatic carbocycles. The molecule has 2 unspecified atom stereocenters. The molecular formula is C14H23NO2S. The first-order valence-corrected chi connectivity index (χ1v) is 7.31. The molecule has 18 heavy (non-hydrogen) atoms. The maximum Gasteiger partial charge on any atom is 0.0861 e. The standard InChI is InChI=1S/C14H23NO2S/c1-9-4-10(2)14(11(3)5-9)13(15)8-18-7-12(17)6-16/h4-5,12-13,16-17H,6-8,15H2,1-3H3. The van der Waals surface area contributed by atoms with Gasteiger partial charge in [-0.2, -0.15) is 11.8 Å². The molecule has 102 valence electrons. The molecule has 4 N–H and O–H groups in total. The van der Waals surface area contributed by atoms with Crippen LogP contribution in [0, 0.1) is 20.8 Å². The molecule has 0 bridgehead atoms. The lowest BCUT2D eigenvalue weighted by atomic mass is 9.95. The summed E-state index contributed by atoms with van der Waals surface area (Å²) in [4.78, 5) is 0. The van der Waals surface area contributed by atoms with Crippen molar-refractivity contribution >= 4 is 11.8 Å². The van der Waals surface area contributed by atoms with Crippen molar-refractivity contribution in [3.63, 3.8) is 0 Å². The largest absolute Gasteiger partial charge is 0.394 e. The highest BCUT2D eigenvalue weighted by molar-refractivity contribution is 7.99. The van der Waals surface area contributed by atoms with Crippen LogP contribution in [-0.4, -0.2) is 34.4 Å². The fraction of sp³-hybridized carbons (Fsp3) is 0.571. The van der Waals surface area contributed by atoms with Crippen molar-refractivity contribution in [2.24, 2.45) is 5.73 Å². The first kappa shape index (κ1) is 15.5. The monoisotopic (exact) mass is 269 g/mol. The number of thioether (sulfide) groups is 1. The van der Waals surface area contributed by atoms with Crippen LogP contribution in [0.2, 0.25) is 0 Å². The van der Waals surface area contributed by atoms with Crippen molar-refractivity contribution in [1.82, 2.24) is 0 Å². The summed E-state index contributed by atoms with van der Waals surface area (Å²) in [6, 6.07) is 4.27. The Morgan fingerprint density at radius 2 is 1.72 bits per heavy atom. The van der Waals surface area contributed by atoms with Gasteiger partial charge in [-0.25, -0.2) is 0 Å². The minimum atomic E-state index is -0.651. The van der Waals surface area contributed by atoms with Crippen molar-refractivity contribution < 1.29 is 10.2 Å². The SMILES string of the molecule is Cc1cc(C)c(C(N)CSCC(O)CO)c(C)c1. The second kappa shape index (κ2) is 7.14. The van der Waals surface area contributed by atoms with Crippen LogP contribution in [0.4, 0.5) is 0 Å². The van der Waals surface area contributed by atoms with Gasteiger partial charge < -0.3 is 15.9 Å². The Hall–Kier alpha value is -0.550. The Labute approximate surface area is 113 Å². The Morgan fingerprint density at radius 1 is 1.17 bits per heavy atom.